The predicted molar refractivity (Wildman–Crippen MR) is 52.7 cm³/mol. The number of Topliss-reactive ketones (excluding diaryl/α,β-unsaturated/α-hetero) is 1. The van der Waals surface area contributed by atoms with E-state index in [1.807, 2.05) is 13.1 Å². The number of hydrogen-bond donors (Lipinski definition) is 0. The van der Waals surface area contributed by atoms with Crippen molar-refractivity contribution >= 4 is 5.78 Å². The molecule has 1 heterocycles. The number of ketones is 1. The van der Waals surface area contributed by atoms with Gasteiger partial charge in [-0.2, -0.15) is 5.10 Å². The molecule has 0 aliphatic heterocycles. The van der Waals surface area contributed by atoms with E-state index >= 15 is 0 Å². The molecular weight excluding hydrogens is 196 g/mol. The van der Waals surface area contributed by atoms with Crippen LogP contribution in [0.1, 0.15) is 13.3 Å². The molecule has 5 heteroatoms. The van der Waals surface area contributed by atoms with Crippen molar-refractivity contribution in [2.24, 2.45) is 0 Å². The van der Waals surface area contributed by atoms with Crippen LogP contribution >= 0.6 is 0 Å². The van der Waals surface area contributed by atoms with Gasteiger partial charge in [-0.15, -0.1) is 0 Å². The van der Waals surface area contributed by atoms with Crippen molar-refractivity contribution in [1.82, 2.24) is 9.78 Å². The molecule has 5 nitrogen and oxygen atoms in total. The van der Waals surface area contributed by atoms with Crippen LogP contribution in [0.3, 0.4) is 0 Å². The average Bonchev–Trinajstić information content (AvgIpc) is 2.65. The molecule has 15 heavy (non-hydrogen) atoms. The molecule has 1 aromatic rings. The first-order valence-electron chi connectivity index (χ1n) is 4.99. The molecule has 0 bridgehead atoms. The first-order chi connectivity index (χ1) is 7.24. The van der Waals surface area contributed by atoms with E-state index in [0.717, 1.165) is 6.54 Å². The topological polar surface area (TPSA) is 53.4 Å². The third-order valence-corrected chi connectivity index (χ3v) is 2.53. The molecule has 0 amide bonds. The summed E-state index contributed by atoms with van der Waals surface area (Å²) in [4.78, 5) is 11.1. The van der Waals surface area contributed by atoms with E-state index in [2.05, 4.69) is 5.10 Å². The Bertz CT molecular complexity index is 361. The minimum atomic E-state index is -0.407. The molecule has 1 fully saturated rings. The Kier molecular flexibility index (Phi) is 2.73. The van der Waals surface area contributed by atoms with Gasteiger partial charge in [0, 0.05) is 20.1 Å². The molecule has 1 saturated carbocycles. The fourth-order valence-corrected chi connectivity index (χ4v) is 1.61. The minimum absolute atomic E-state index is 0.102. The Labute approximate surface area is 88.0 Å². The number of nitrogens with zero attached hydrogens (tertiary/aromatic N) is 2. The average molecular weight is 210 g/mol. The van der Waals surface area contributed by atoms with Crippen molar-refractivity contribution in [2.75, 3.05) is 7.11 Å². The first-order valence-corrected chi connectivity index (χ1v) is 4.99. The van der Waals surface area contributed by atoms with Crippen LogP contribution in [-0.2, 0) is 16.1 Å². The molecule has 2 atom stereocenters. The van der Waals surface area contributed by atoms with Gasteiger partial charge in [0.2, 0.25) is 0 Å². The van der Waals surface area contributed by atoms with Crippen molar-refractivity contribution in [3.8, 4) is 5.75 Å². The van der Waals surface area contributed by atoms with Gasteiger partial charge in [0.25, 0.3) is 0 Å². The van der Waals surface area contributed by atoms with Gasteiger partial charge >= 0.3 is 0 Å². The molecule has 1 aromatic heterocycles. The largest absolute Gasteiger partial charge is 0.483 e. The van der Waals surface area contributed by atoms with Gasteiger partial charge in [-0.25, -0.2) is 0 Å². The lowest BCUT2D eigenvalue weighted by molar-refractivity contribution is -0.150. The standard InChI is InChI=1S/C10H14N2O3/c1-3-12-6-7(5-11-12)15-9-4-8(13)10(9)14-2/h5-6,9-10H,3-4H2,1-2H3. The molecule has 1 aliphatic rings. The highest BCUT2D eigenvalue weighted by atomic mass is 16.5. The van der Waals surface area contributed by atoms with Gasteiger partial charge in [-0.3, -0.25) is 9.48 Å². The van der Waals surface area contributed by atoms with Crippen LogP contribution in [-0.4, -0.2) is 34.9 Å². The number of carbonyl (C=O) groups excluding carboxylic acids is 1. The maximum absolute atomic E-state index is 11.1. The highest BCUT2D eigenvalue weighted by Crippen LogP contribution is 2.24. The molecular formula is C10H14N2O3. The van der Waals surface area contributed by atoms with E-state index in [1.165, 1.54) is 7.11 Å². The van der Waals surface area contributed by atoms with E-state index in [-0.39, 0.29) is 11.9 Å². The highest BCUT2D eigenvalue weighted by Gasteiger charge is 2.42. The predicted octanol–water partition coefficient (Wildman–Crippen LogP) is 0.638. The second kappa shape index (κ2) is 4.02. The second-order valence-electron chi connectivity index (χ2n) is 3.51. The van der Waals surface area contributed by atoms with Crippen LogP contribution < -0.4 is 4.74 Å². The minimum Gasteiger partial charge on any atom is -0.483 e. The Morgan fingerprint density at radius 1 is 1.67 bits per heavy atom. The molecule has 1 aliphatic carbocycles. The van der Waals surface area contributed by atoms with E-state index in [9.17, 15) is 4.79 Å². The Morgan fingerprint density at radius 2 is 2.47 bits per heavy atom. The van der Waals surface area contributed by atoms with Crippen LogP contribution in [0.25, 0.3) is 0 Å². The summed E-state index contributed by atoms with van der Waals surface area (Å²) in [5.74, 6) is 0.793. The summed E-state index contributed by atoms with van der Waals surface area (Å²) in [6, 6.07) is 0. The lowest BCUT2D eigenvalue weighted by Gasteiger charge is -2.33. The molecule has 0 aromatic carbocycles. The quantitative estimate of drug-likeness (QED) is 0.731. The first kappa shape index (κ1) is 10.2. The van der Waals surface area contributed by atoms with Crippen LogP contribution in [0.2, 0.25) is 0 Å². The molecule has 0 spiro atoms. The number of aryl methyl sites for hydroxylation is 1. The molecule has 0 saturated heterocycles. The maximum atomic E-state index is 11.1. The molecule has 82 valence electrons. The summed E-state index contributed by atoms with van der Waals surface area (Å²) in [5.41, 5.74) is 0. The lowest BCUT2D eigenvalue weighted by Crippen LogP contribution is -2.51. The van der Waals surface area contributed by atoms with Crippen LogP contribution in [0.15, 0.2) is 12.4 Å². The fourth-order valence-electron chi connectivity index (χ4n) is 1.61. The zero-order chi connectivity index (χ0) is 10.8. The SMILES string of the molecule is CCn1cc(OC2CC(=O)C2OC)cn1. The van der Waals surface area contributed by atoms with Gasteiger partial charge in [0.1, 0.15) is 6.10 Å². The number of ether oxygens (including phenoxy) is 2. The fraction of sp³-hybridized carbons (Fsp3) is 0.600. The van der Waals surface area contributed by atoms with Crippen molar-refractivity contribution < 1.29 is 14.3 Å². The number of rotatable bonds is 4. The van der Waals surface area contributed by atoms with E-state index in [0.29, 0.717) is 12.2 Å². The monoisotopic (exact) mass is 210 g/mol. The van der Waals surface area contributed by atoms with Gasteiger partial charge in [0.15, 0.2) is 17.6 Å². The third-order valence-electron chi connectivity index (χ3n) is 2.53. The summed E-state index contributed by atoms with van der Waals surface area (Å²) in [6.07, 6.45) is 3.33. The smallest absolute Gasteiger partial charge is 0.169 e. The summed E-state index contributed by atoms with van der Waals surface area (Å²) < 4.78 is 12.4. The summed E-state index contributed by atoms with van der Waals surface area (Å²) >= 11 is 0. The van der Waals surface area contributed by atoms with Gasteiger partial charge in [0.05, 0.1) is 12.4 Å². The van der Waals surface area contributed by atoms with Crippen molar-refractivity contribution in [3.05, 3.63) is 12.4 Å². The maximum Gasteiger partial charge on any atom is 0.169 e. The van der Waals surface area contributed by atoms with Gasteiger partial charge in [-0.1, -0.05) is 0 Å². The number of aromatic nitrogens is 2. The van der Waals surface area contributed by atoms with E-state index in [1.54, 1.807) is 10.9 Å². The van der Waals surface area contributed by atoms with Gasteiger partial charge < -0.3 is 9.47 Å². The zero-order valence-electron chi connectivity index (χ0n) is 8.84. The summed E-state index contributed by atoms with van der Waals surface area (Å²) in [7, 11) is 1.52. The van der Waals surface area contributed by atoms with Crippen LogP contribution in [0, 0.1) is 0 Å². The Hall–Kier alpha value is -1.36. The highest BCUT2D eigenvalue weighted by molar-refractivity contribution is 5.90. The second-order valence-corrected chi connectivity index (χ2v) is 3.51. The number of hydrogen-bond acceptors (Lipinski definition) is 4. The normalized spacial score (nSPS) is 25.1. The van der Waals surface area contributed by atoms with Crippen molar-refractivity contribution in [2.45, 2.75) is 32.1 Å². The van der Waals surface area contributed by atoms with Crippen molar-refractivity contribution in [1.29, 1.82) is 0 Å². The number of carbonyl (C=O) groups is 1. The van der Waals surface area contributed by atoms with Gasteiger partial charge in [-0.05, 0) is 6.92 Å². The van der Waals surface area contributed by atoms with E-state index < -0.39 is 6.10 Å². The molecule has 2 unspecified atom stereocenters. The zero-order valence-corrected chi connectivity index (χ0v) is 8.84. The Balaban J connectivity index is 1.95. The summed E-state index contributed by atoms with van der Waals surface area (Å²) in [5, 5.41) is 4.08. The number of methoxy groups -OCH3 is 1. The molecule has 0 radical (unpaired) electrons. The summed E-state index contributed by atoms with van der Waals surface area (Å²) in [6.45, 7) is 2.81. The van der Waals surface area contributed by atoms with E-state index in [4.69, 9.17) is 9.47 Å². The lowest BCUT2D eigenvalue weighted by atomic mass is 9.90. The molecule has 2 rings (SSSR count). The third kappa shape index (κ3) is 1.87. The molecule has 0 N–H and O–H groups in total. The van der Waals surface area contributed by atoms with Crippen LogP contribution in [0.4, 0.5) is 0 Å². The van der Waals surface area contributed by atoms with Crippen molar-refractivity contribution in [3.63, 3.8) is 0 Å². The Morgan fingerprint density at radius 3 is 3.00 bits per heavy atom. The van der Waals surface area contributed by atoms with Crippen LogP contribution in [0.5, 0.6) is 5.75 Å².